The number of nitrogens with zero attached hydrogens (tertiary/aromatic N) is 4. The Kier molecular flexibility index (Phi) is 6.24. The molecular weight excluding hydrogens is 420 g/mol. The third kappa shape index (κ3) is 4.26. The number of nitrogens with one attached hydrogen (secondary N) is 1. The highest BCUT2D eigenvalue weighted by atomic mass is 15.4. The second kappa shape index (κ2) is 9.47. The van der Waals surface area contributed by atoms with Gasteiger partial charge in [0.1, 0.15) is 17.3 Å². The maximum absolute atomic E-state index is 6.39. The molecule has 4 aromatic rings. The number of anilines is 2. The Morgan fingerprint density at radius 1 is 1.00 bits per heavy atom. The van der Waals surface area contributed by atoms with E-state index in [-0.39, 0.29) is 0 Å². The highest BCUT2D eigenvalue weighted by Crippen LogP contribution is 2.35. The number of nitrogens with two attached hydrogens (primary N) is 1. The molecule has 5 rings (SSSR count). The molecule has 0 saturated carbocycles. The van der Waals surface area contributed by atoms with Crippen LogP contribution < -0.4 is 15.1 Å². The lowest BCUT2D eigenvalue weighted by molar-refractivity contribution is 0.384. The van der Waals surface area contributed by atoms with Crippen LogP contribution in [0.4, 0.5) is 23.3 Å². The maximum Gasteiger partial charge on any atom is 0.338 e. The first-order valence-corrected chi connectivity index (χ1v) is 12.5. The van der Waals surface area contributed by atoms with Crippen molar-refractivity contribution in [2.75, 3.05) is 36.8 Å². The van der Waals surface area contributed by atoms with Crippen molar-refractivity contribution in [3.8, 4) is 0 Å². The van der Waals surface area contributed by atoms with Crippen LogP contribution in [-0.2, 0) is 6.42 Å². The number of fused-ring (bicyclic) bond motifs is 1. The van der Waals surface area contributed by atoms with Crippen molar-refractivity contribution in [2.45, 2.75) is 39.5 Å². The molecule has 6 heteroatoms. The fourth-order valence-corrected chi connectivity index (χ4v) is 5.22. The summed E-state index contributed by atoms with van der Waals surface area (Å²) in [6.45, 7) is 8.10. The van der Waals surface area contributed by atoms with Gasteiger partial charge >= 0.3 is 5.95 Å². The molecule has 0 amide bonds. The van der Waals surface area contributed by atoms with E-state index >= 15 is 0 Å². The topological polar surface area (TPSA) is 70.8 Å². The van der Waals surface area contributed by atoms with Gasteiger partial charge in [0.05, 0.1) is 13.1 Å². The van der Waals surface area contributed by atoms with Gasteiger partial charge in [-0.2, -0.15) is 9.97 Å². The Balaban J connectivity index is 1.58. The summed E-state index contributed by atoms with van der Waals surface area (Å²) in [7, 11) is 0. The van der Waals surface area contributed by atoms with Gasteiger partial charge in [0.2, 0.25) is 0 Å². The highest BCUT2D eigenvalue weighted by molar-refractivity contribution is 5.83. The number of para-hydroxylation sites is 1. The summed E-state index contributed by atoms with van der Waals surface area (Å²) in [6.07, 6.45) is 6.73. The van der Waals surface area contributed by atoms with E-state index in [4.69, 9.17) is 15.7 Å². The fourth-order valence-electron chi connectivity index (χ4n) is 5.22. The minimum Gasteiger partial charge on any atom is -0.383 e. The van der Waals surface area contributed by atoms with Crippen LogP contribution in [0.15, 0.2) is 60.8 Å². The summed E-state index contributed by atoms with van der Waals surface area (Å²) >= 11 is 0. The molecule has 3 N–H and O–H groups in total. The molecule has 0 spiro atoms. The smallest absolute Gasteiger partial charge is 0.338 e. The number of aromatic amines is 1. The summed E-state index contributed by atoms with van der Waals surface area (Å²) in [5.41, 5.74) is 11.3. The zero-order valence-corrected chi connectivity index (χ0v) is 20.3. The van der Waals surface area contributed by atoms with E-state index < -0.39 is 0 Å². The van der Waals surface area contributed by atoms with Crippen molar-refractivity contribution in [2.24, 2.45) is 0 Å². The molecule has 0 aliphatic carbocycles. The number of hydrogen-bond acceptors (Lipinski definition) is 4. The average molecular weight is 456 g/mol. The number of hydrogen-bond donors (Lipinski definition) is 2. The van der Waals surface area contributed by atoms with E-state index in [1.165, 1.54) is 47.0 Å². The molecule has 1 fully saturated rings. The van der Waals surface area contributed by atoms with E-state index in [0.717, 1.165) is 44.4 Å². The standard InChI is InChI=1S/C28H35N6/c1-3-34(23-13-11-21(2)12-14-23,18-15-22-20-30-25-10-6-5-9-24(22)25)28-31-26(29)19-27(32-28)33-16-7-4-8-17-33/h5-6,9-14,19-20,30H,3-4,7-8,15-18H2,1-2H3,(H2,29,31,32)/q+1. The minimum atomic E-state index is 0.542. The molecule has 0 bridgehead atoms. The Morgan fingerprint density at radius 3 is 2.53 bits per heavy atom. The molecule has 1 aliphatic rings. The van der Waals surface area contributed by atoms with E-state index in [9.17, 15) is 0 Å². The van der Waals surface area contributed by atoms with Crippen LogP contribution in [-0.4, -0.2) is 41.1 Å². The van der Waals surface area contributed by atoms with Gasteiger partial charge in [0.15, 0.2) is 0 Å². The number of nitrogen functional groups attached to an aromatic ring is 1. The van der Waals surface area contributed by atoms with Crippen molar-refractivity contribution in [3.05, 3.63) is 71.9 Å². The molecule has 34 heavy (non-hydrogen) atoms. The second-order valence-electron chi connectivity index (χ2n) is 9.45. The average Bonchev–Trinajstić information content (AvgIpc) is 3.29. The summed E-state index contributed by atoms with van der Waals surface area (Å²) in [5, 5.41) is 1.28. The molecular formula is C28H35N6+. The Bertz CT molecular complexity index is 1260. The van der Waals surface area contributed by atoms with Gasteiger partial charge in [-0.3, -0.25) is 0 Å². The number of aromatic nitrogens is 3. The molecule has 176 valence electrons. The van der Waals surface area contributed by atoms with Gasteiger partial charge in [-0.15, -0.1) is 0 Å². The number of rotatable bonds is 7. The van der Waals surface area contributed by atoms with Gasteiger partial charge in [-0.05, 0) is 56.9 Å². The predicted octanol–water partition coefficient (Wildman–Crippen LogP) is 5.74. The SMILES string of the molecule is CC[N+](CCc1c[nH]c2ccccc12)(c1ccc(C)cc1)c1nc(N)cc(N2CCCCC2)n1. The number of quaternary nitrogens is 1. The van der Waals surface area contributed by atoms with Crippen LogP contribution >= 0.6 is 0 Å². The molecule has 6 nitrogen and oxygen atoms in total. The molecule has 1 atom stereocenters. The van der Waals surface area contributed by atoms with Crippen LogP contribution in [0.25, 0.3) is 10.9 Å². The first-order valence-electron chi connectivity index (χ1n) is 12.5. The van der Waals surface area contributed by atoms with Gasteiger partial charge in [-0.25, -0.2) is 4.48 Å². The third-order valence-corrected chi connectivity index (χ3v) is 7.29. The highest BCUT2D eigenvalue weighted by Gasteiger charge is 2.36. The van der Waals surface area contributed by atoms with Gasteiger partial charge in [0.25, 0.3) is 0 Å². The summed E-state index contributed by atoms with van der Waals surface area (Å²) in [6, 6.07) is 19.3. The van der Waals surface area contributed by atoms with E-state index in [1.807, 2.05) is 6.07 Å². The van der Waals surface area contributed by atoms with Gasteiger partial charge < -0.3 is 15.6 Å². The summed E-state index contributed by atoms with van der Waals surface area (Å²) < 4.78 is 0.561. The van der Waals surface area contributed by atoms with E-state index in [0.29, 0.717) is 10.3 Å². The van der Waals surface area contributed by atoms with Gasteiger partial charge in [0, 0.05) is 42.7 Å². The largest absolute Gasteiger partial charge is 0.383 e. The molecule has 2 aromatic carbocycles. The summed E-state index contributed by atoms with van der Waals surface area (Å²) in [4.78, 5) is 15.8. The molecule has 1 saturated heterocycles. The Morgan fingerprint density at radius 2 is 1.76 bits per heavy atom. The monoisotopic (exact) mass is 455 g/mol. The first-order chi connectivity index (χ1) is 16.6. The van der Waals surface area contributed by atoms with Crippen LogP contribution in [0.2, 0.25) is 0 Å². The number of benzene rings is 2. The third-order valence-electron chi connectivity index (χ3n) is 7.29. The Hall–Kier alpha value is -3.38. The van der Waals surface area contributed by atoms with Crippen molar-refractivity contribution < 1.29 is 0 Å². The van der Waals surface area contributed by atoms with Gasteiger partial charge in [-0.1, -0.05) is 35.9 Å². The molecule has 2 aromatic heterocycles. The zero-order chi connectivity index (χ0) is 23.5. The molecule has 1 unspecified atom stereocenters. The number of aryl methyl sites for hydroxylation is 1. The number of piperidine rings is 1. The quantitative estimate of drug-likeness (QED) is 0.349. The van der Waals surface area contributed by atoms with Crippen LogP contribution in [0, 0.1) is 6.92 Å². The number of H-pyrrole nitrogens is 1. The Labute approximate surface area is 202 Å². The molecule has 0 radical (unpaired) electrons. The molecule has 1 aliphatic heterocycles. The van der Waals surface area contributed by atoms with Crippen molar-refractivity contribution in [1.82, 2.24) is 19.4 Å². The lowest BCUT2D eigenvalue weighted by Gasteiger charge is -2.35. The molecule has 3 heterocycles. The van der Waals surface area contributed by atoms with E-state index in [2.05, 4.69) is 78.5 Å². The van der Waals surface area contributed by atoms with E-state index in [1.54, 1.807) is 0 Å². The predicted molar refractivity (Wildman–Crippen MR) is 143 cm³/mol. The lowest BCUT2D eigenvalue weighted by Crippen LogP contribution is -2.47. The van der Waals surface area contributed by atoms with Crippen LogP contribution in [0.3, 0.4) is 0 Å². The van der Waals surface area contributed by atoms with Crippen LogP contribution in [0.5, 0.6) is 0 Å². The van der Waals surface area contributed by atoms with Crippen LogP contribution in [0.1, 0.15) is 37.3 Å². The zero-order valence-electron chi connectivity index (χ0n) is 20.3. The maximum atomic E-state index is 6.39. The first kappa shape index (κ1) is 22.4. The lowest BCUT2D eigenvalue weighted by atomic mass is 10.1. The van der Waals surface area contributed by atoms with Crippen molar-refractivity contribution >= 4 is 34.2 Å². The van der Waals surface area contributed by atoms with Crippen molar-refractivity contribution in [3.63, 3.8) is 0 Å². The summed E-state index contributed by atoms with van der Waals surface area (Å²) in [5.74, 6) is 2.28. The normalized spacial score (nSPS) is 16.0. The minimum absolute atomic E-state index is 0.542. The second-order valence-corrected chi connectivity index (χ2v) is 9.45. The van der Waals surface area contributed by atoms with Crippen molar-refractivity contribution in [1.29, 1.82) is 0 Å². The number of likely N-dealkylation sites (N-methyl/N-ethyl adjacent to an activating group) is 1. The fraction of sp³-hybridized carbons (Fsp3) is 0.357.